The lowest BCUT2D eigenvalue weighted by Gasteiger charge is -2.31. The maximum atomic E-state index is 12.3. The van der Waals surface area contributed by atoms with Crippen LogP contribution in [0.3, 0.4) is 0 Å². The minimum atomic E-state index is 0.0295. The first-order chi connectivity index (χ1) is 10.8. The molecular weight excluding hydrogens is 282 g/mol. The van der Waals surface area contributed by atoms with Gasteiger partial charge in [-0.15, -0.1) is 0 Å². The molecule has 2 aromatic rings. The van der Waals surface area contributed by atoms with Crippen LogP contribution in [-0.2, 0) is 4.79 Å². The Balaban J connectivity index is 1.48. The summed E-state index contributed by atoms with van der Waals surface area (Å²) in [4.78, 5) is 18.7. The summed E-state index contributed by atoms with van der Waals surface area (Å²) >= 11 is 0. The Morgan fingerprint density at radius 3 is 2.86 bits per heavy atom. The van der Waals surface area contributed by atoms with Gasteiger partial charge in [-0.2, -0.15) is 4.98 Å². The highest BCUT2D eigenvalue weighted by Gasteiger charge is 2.37. The Morgan fingerprint density at radius 1 is 1.23 bits per heavy atom. The molecule has 1 aliphatic carbocycles. The van der Waals surface area contributed by atoms with E-state index in [1.54, 1.807) is 18.4 Å². The molecule has 0 radical (unpaired) electrons. The van der Waals surface area contributed by atoms with Crippen molar-refractivity contribution in [2.45, 2.75) is 50.5 Å². The number of nitrogens with zero attached hydrogens (tertiary/aromatic N) is 3. The lowest BCUT2D eigenvalue weighted by atomic mass is 9.94. The molecule has 0 aromatic carbocycles. The molecule has 0 bridgehead atoms. The molecule has 1 atom stereocenters. The number of carbonyl (C=O) groups excluding carboxylic acids is 1. The van der Waals surface area contributed by atoms with Crippen LogP contribution in [0.1, 0.15) is 50.3 Å². The van der Waals surface area contributed by atoms with Gasteiger partial charge in [-0.25, -0.2) is 0 Å². The van der Waals surface area contributed by atoms with Crippen molar-refractivity contribution < 1.29 is 13.7 Å². The van der Waals surface area contributed by atoms with E-state index < -0.39 is 0 Å². The van der Waals surface area contributed by atoms with Crippen molar-refractivity contribution in [3.63, 3.8) is 0 Å². The number of furan rings is 1. The third-order valence-electron chi connectivity index (χ3n) is 4.71. The molecule has 0 unspecified atom stereocenters. The highest BCUT2D eigenvalue weighted by molar-refractivity contribution is 5.80. The van der Waals surface area contributed by atoms with Gasteiger partial charge in [-0.05, 0) is 25.0 Å². The van der Waals surface area contributed by atoms with Gasteiger partial charge in [0, 0.05) is 24.9 Å². The van der Waals surface area contributed by atoms with E-state index in [1.165, 1.54) is 19.3 Å². The van der Waals surface area contributed by atoms with E-state index >= 15 is 0 Å². The molecule has 2 fully saturated rings. The van der Waals surface area contributed by atoms with E-state index in [2.05, 4.69) is 10.1 Å². The number of hydrogen-bond acceptors (Lipinski definition) is 5. The lowest BCUT2D eigenvalue weighted by Crippen LogP contribution is -2.37. The molecule has 3 heterocycles. The fourth-order valence-corrected chi connectivity index (χ4v) is 3.55. The van der Waals surface area contributed by atoms with Gasteiger partial charge in [-0.3, -0.25) is 4.79 Å². The van der Waals surface area contributed by atoms with Gasteiger partial charge in [0.05, 0.1) is 6.26 Å². The molecule has 1 aliphatic heterocycles. The maximum Gasteiger partial charge on any atom is 0.293 e. The Labute approximate surface area is 128 Å². The first-order valence-electron chi connectivity index (χ1n) is 7.98. The zero-order chi connectivity index (χ0) is 14.9. The number of hydrogen-bond donors (Lipinski definition) is 0. The van der Waals surface area contributed by atoms with Crippen LogP contribution in [0.4, 0.5) is 0 Å². The van der Waals surface area contributed by atoms with Crippen molar-refractivity contribution in [2.24, 2.45) is 0 Å². The third-order valence-corrected chi connectivity index (χ3v) is 4.71. The van der Waals surface area contributed by atoms with E-state index in [1.807, 2.05) is 4.90 Å². The molecule has 6 nitrogen and oxygen atoms in total. The molecule has 6 heteroatoms. The van der Waals surface area contributed by atoms with Crippen LogP contribution >= 0.6 is 0 Å². The minimum absolute atomic E-state index is 0.0295. The van der Waals surface area contributed by atoms with Gasteiger partial charge in [0.1, 0.15) is 0 Å². The predicted molar refractivity (Wildman–Crippen MR) is 77.9 cm³/mol. The third kappa shape index (κ3) is 2.42. The van der Waals surface area contributed by atoms with E-state index in [-0.39, 0.29) is 11.8 Å². The summed E-state index contributed by atoms with van der Waals surface area (Å²) in [6.07, 6.45) is 8.05. The molecule has 22 heavy (non-hydrogen) atoms. The van der Waals surface area contributed by atoms with E-state index in [0.29, 0.717) is 36.5 Å². The number of amides is 1. The number of aromatic nitrogens is 2. The summed E-state index contributed by atoms with van der Waals surface area (Å²) in [5.41, 5.74) is 0. The quantitative estimate of drug-likeness (QED) is 0.871. The SMILES string of the molecule is O=C1C[C@@H](c2noc(-c3ccco3)n2)CN1C1CCCCC1. The summed E-state index contributed by atoms with van der Waals surface area (Å²) in [6.45, 7) is 0.709. The van der Waals surface area contributed by atoms with Crippen molar-refractivity contribution in [2.75, 3.05) is 6.54 Å². The monoisotopic (exact) mass is 301 g/mol. The zero-order valence-electron chi connectivity index (χ0n) is 12.4. The van der Waals surface area contributed by atoms with Crippen LogP contribution < -0.4 is 0 Å². The number of rotatable bonds is 3. The van der Waals surface area contributed by atoms with E-state index in [0.717, 1.165) is 12.8 Å². The van der Waals surface area contributed by atoms with Crippen molar-refractivity contribution in [3.8, 4) is 11.7 Å². The molecule has 2 aliphatic rings. The first-order valence-corrected chi connectivity index (χ1v) is 7.98. The zero-order valence-corrected chi connectivity index (χ0v) is 12.4. The molecule has 1 amide bonds. The van der Waals surface area contributed by atoms with Crippen LogP contribution in [0.2, 0.25) is 0 Å². The van der Waals surface area contributed by atoms with Gasteiger partial charge >= 0.3 is 0 Å². The fourth-order valence-electron chi connectivity index (χ4n) is 3.55. The van der Waals surface area contributed by atoms with Crippen LogP contribution in [0.25, 0.3) is 11.7 Å². The molecular formula is C16H19N3O3. The van der Waals surface area contributed by atoms with Gasteiger partial charge in [0.2, 0.25) is 5.91 Å². The highest BCUT2D eigenvalue weighted by atomic mass is 16.5. The first kappa shape index (κ1) is 13.5. The maximum absolute atomic E-state index is 12.3. The molecule has 4 rings (SSSR count). The topological polar surface area (TPSA) is 72.4 Å². The van der Waals surface area contributed by atoms with Crippen molar-refractivity contribution in [1.29, 1.82) is 0 Å². The van der Waals surface area contributed by atoms with Crippen molar-refractivity contribution in [1.82, 2.24) is 15.0 Å². The smallest absolute Gasteiger partial charge is 0.293 e. The molecule has 1 saturated carbocycles. The van der Waals surface area contributed by atoms with Crippen LogP contribution in [0.15, 0.2) is 27.3 Å². The van der Waals surface area contributed by atoms with Crippen LogP contribution in [0, 0.1) is 0 Å². The molecule has 116 valence electrons. The predicted octanol–water partition coefficient (Wildman–Crippen LogP) is 2.98. The second kappa shape index (κ2) is 5.59. The number of likely N-dealkylation sites (tertiary alicyclic amines) is 1. The lowest BCUT2D eigenvalue weighted by molar-refractivity contribution is -0.130. The fraction of sp³-hybridized carbons (Fsp3) is 0.562. The highest BCUT2D eigenvalue weighted by Crippen LogP contribution is 2.33. The van der Waals surface area contributed by atoms with Gasteiger partial charge < -0.3 is 13.8 Å². The average molecular weight is 301 g/mol. The van der Waals surface area contributed by atoms with E-state index in [4.69, 9.17) is 8.94 Å². The van der Waals surface area contributed by atoms with Crippen LogP contribution in [-0.4, -0.2) is 33.5 Å². The van der Waals surface area contributed by atoms with Crippen LogP contribution in [0.5, 0.6) is 0 Å². The molecule has 0 N–H and O–H groups in total. The van der Waals surface area contributed by atoms with Gasteiger partial charge in [-0.1, -0.05) is 24.4 Å². The summed E-state index contributed by atoms with van der Waals surface area (Å²) < 4.78 is 10.5. The van der Waals surface area contributed by atoms with Crippen molar-refractivity contribution in [3.05, 3.63) is 24.2 Å². The second-order valence-electron chi connectivity index (χ2n) is 6.17. The Hall–Kier alpha value is -2.11. The summed E-state index contributed by atoms with van der Waals surface area (Å²) in [5, 5.41) is 4.04. The Kier molecular flexibility index (Phi) is 3.44. The Morgan fingerprint density at radius 2 is 2.09 bits per heavy atom. The van der Waals surface area contributed by atoms with Crippen molar-refractivity contribution >= 4 is 5.91 Å². The van der Waals surface area contributed by atoms with Gasteiger partial charge in [0.25, 0.3) is 5.89 Å². The average Bonchev–Trinajstić information content (AvgIpc) is 3.28. The second-order valence-corrected chi connectivity index (χ2v) is 6.17. The summed E-state index contributed by atoms with van der Waals surface area (Å²) in [5.74, 6) is 1.80. The summed E-state index contributed by atoms with van der Waals surface area (Å²) in [7, 11) is 0. The molecule has 1 saturated heterocycles. The van der Waals surface area contributed by atoms with E-state index in [9.17, 15) is 4.79 Å². The molecule has 2 aromatic heterocycles. The molecule has 0 spiro atoms. The number of carbonyl (C=O) groups is 1. The summed E-state index contributed by atoms with van der Waals surface area (Å²) in [6, 6.07) is 3.97. The van der Waals surface area contributed by atoms with Gasteiger partial charge in [0.15, 0.2) is 11.6 Å². The minimum Gasteiger partial charge on any atom is -0.459 e. The largest absolute Gasteiger partial charge is 0.459 e. The Bertz CT molecular complexity index is 643. The normalized spacial score (nSPS) is 23.4. The standard InChI is InChI=1S/C16H19N3O3/c20-14-9-11(10-19(14)12-5-2-1-3-6-12)15-17-16(22-18-15)13-7-4-8-21-13/h4,7-8,11-12H,1-3,5-6,9-10H2/t11-/m1/s1.